The predicted molar refractivity (Wildman–Crippen MR) is 111 cm³/mol. The van der Waals surface area contributed by atoms with Crippen molar-refractivity contribution >= 4 is 11.6 Å². The highest BCUT2D eigenvalue weighted by Crippen LogP contribution is 2.33. The second-order valence-electron chi connectivity index (χ2n) is 7.00. The summed E-state index contributed by atoms with van der Waals surface area (Å²) >= 11 is 0. The molecule has 3 heterocycles. The topological polar surface area (TPSA) is 81.9 Å². The monoisotopic (exact) mass is 493 g/mol. The molecule has 0 aliphatic rings. The number of benzene rings is 1. The van der Waals surface area contributed by atoms with Crippen LogP contribution in [0.4, 0.5) is 32.0 Å². The Balaban J connectivity index is 1.53. The van der Waals surface area contributed by atoms with E-state index < -0.39 is 29.9 Å². The number of nitrogens with one attached hydrogen (secondary N) is 1. The lowest BCUT2D eigenvalue weighted by Crippen LogP contribution is -2.17. The maximum Gasteiger partial charge on any atom is 0.573 e. The number of halogens is 6. The smallest absolute Gasteiger partial charge is 0.406 e. The van der Waals surface area contributed by atoms with Gasteiger partial charge in [0.15, 0.2) is 11.5 Å². The normalized spacial score (nSPS) is 11.8. The first-order chi connectivity index (χ1) is 16.5. The van der Waals surface area contributed by atoms with Crippen LogP contribution in [0.1, 0.15) is 16.1 Å². The summed E-state index contributed by atoms with van der Waals surface area (Å²) in [6.07, 6.45) is -5.61. The molecule has 0 radical (unpaired) electrons. The maximum atomic E-state index is 13.6. The Bertz CT molecular complexity index is 1320. The minimum atomic E-state index is -4.86. The van der Waals surface area contributed by atoms with E-state index in [-0.39, 0.29) is 22.8 Å². The molecule has 7 nitrogen and oxygen atoms in total. The molecule has 0 bridgehead atoms. The fourth-order valence-corrected chi connectivity index (χ4v) is 3.01. The molecule has 4 rings (SSSR count). The van der Waals surface area contributed by atoms with E-state index in [0.717, 1.165) is 36.5 Å². The van der Waals surface area contributed by atoms with Crippen LogP contribution in [-0.4, -0.2) is 32.0 Å². The summed E-state index contributed by atoms with van der Waals surface area (Å²) in [5.41, 5.74) is -0.463. The van der Waals surface area contributed by atoms with Gasteiger partial charge in [0, 0.05) is 23.5 Å². The minimum Gasteiger partial charge on any atom is -0.406 e. The summed E-state index contributed by atoms with van der Waals surface area (Å²) in [6.45, 7) is 0. The summed E-state index contributed by atoms with van der Waals surface area (Å²) < 4.78 is 81.9. The van der Waals surface area contributed by atoms with Crippen molar-refractivity contribution in [2.24, 2.45) is 0 Å². The van der Waals surface area contributed by atoms with Gasteiger partial charge < -0.3 is 10.1 Å². The van der Waals surface area contributed by atoms with Gasteiger partial charge in [0.05, 0.1) is 17.6 Å². The van der Waals surface area contributed by atoms with Crippen LogP contribution in [0.2, 0.25) is 0 Å². The van der Waals surface area contributed by atoms with Gasteiger partial charge in [-0.05, 0) is 54.6 Å². The molecule has 35 heavy (non-hydrogen) atoms. The van der Waals surface area contributed by atoms with E-state index in [1.807, 2.05) is 0 Å². The Morgan fingerprint density at radius 2 is 1.69 bits per heavy atom. The van der Waals surface area contributed by atoms with Crippen molar-refractivity contribution in [3.05, 3.63) is 84.4 Å². The van der Waals surface area contributed by atoms with Crippen molar-refractivity contribution in [1.29, 1.82) is 0 Å². The summed E-state index contributed by atoms with van der Waals surface area (Å²) in [5.74, 6) is -1.32. The Morgan fingerprint density at radius 1 is 0.943 bits per heavy atom. The lowest BCUT2D eigenvalue weighted by atomic mass is 10.2. The number of carbonyl (C=O) groups is 1. The number of carbonyl (C=O) groups excluding carboxylic acids is 1. The number of hydrogen-bond donors (Lipinski definition) is 1. The van der Waals surface area contributed by atoms with Crippen LogP contribution in [-0.2, 0) is 6.18 Å². The van der Waals surface area contributed by atoms with Crippen molar-refractivity contribution in [3.8, 4) is 22.8 Å². The van der Waals surface area contributed by atoms with E-state index in [1.165, 1.54) is 24.5 Å². The number of nitrogens with zero attached hydrogens (tertiary/aromatic N) is 4. The molecular formula is C22H13F6N5O2. The third-order valence-electron chi connectivity index (χ3n) is 4.53. The lowest BCUT2D eigenvalue weighted by Gasteiger charge is -2.11. The zero-order valence-electron chi connectivity index (χ0n) is 17.3. The van der Waals surface area contributed by atoms with Gasteiger partial charge >= 0.3 is 12.5 Å². The number of rotatable bonds is 5. The number of amides is 1. The van der Waals surface area contributed by atoms with Crippen molar-refractivity contribution in [2.45, 2.75) is 12.5 Å². The molecule has 13 heteroatoms. The first-order valence-corrected chi connectivity index (χ1v) is 9.71. The molecule has 180 valence electrons. The first-order valence-electron chi connectivity index (χ1n) is 9.71. The number of anilines is 1. The summed E-state index contributed by atoms with van der Waals surface area (Å²) in [7, 11) is 0. The molecule has 0 unspecified atom stereocenters. The van der Waals surface area contributed by atoms with Gasteiger partial charge in [-0.15, -0.1) is 13.2 Å². The van der Waals surface area contributed by atoms with Crippen LogP contribution in [0.3, 0.4) is 0 Å². The molecule has 0 aliphatic heterocycles. The SMILES string of the molecule is O=C(Nc1ccc(-n2nc(-c3cccnc3)cc2C(F)(F)F)nc1)c1ccc(OC(F)(F)F)cc1. The van der Waals surface area contributed by atoms with E-state index in [1.54, 1.807) is 12.1 Å². The van der Waals surface area contributed by atoms with Gasteiger partial charge in [0.2, 0.25) is 0 Å². The number of hydrogen-bond acceptors (Lipinski definition) is 5. The van der Waals surface area contributed by atoms with Crippen LogP contribution in [0.15, 0.2) is 73.2 Å². The van der Waals surface area contributed by atoms with Crippen LogP contribution >= 0.6 is 0 Å². The number of pyridine rings is 2. The lowest BCUT2D eigenvalue weighted by molar-refractivity contribution is -0.274. The van der Waals surface area contributed by atoms with Gasteiger partial charge in [-0.1, -0.05) is 0 Å². The Labute approximate surface area is 193 Å². The molecule has 0 spiro atoms. The summed E-state index contributed by atoms with van der Waals surface area (Å²) in [6, 6.07) is 10.7. The minimum absolute atomic E-state index is 0.0242. The van der Waals surface area contributed by atoms with Crippen LogP contribution in [0, 0.1) is 0 Å². The Morgan fingerprint density at radius 3 is 2.26 bits per heavy atom. The molecule has 1 N–H and O–H groups in total. The van der Waals surface area contributed by atoms with Gasteiger partial charge in [-0.2, -0.15) is 18.3 Å². The van der Waals surface area contributed by atoms with Gasteiger partial charge in [0.25, 0.3) is 5.91 Å². The fraction of sp³-hybridized carbons (Fsp3) is 0.0909. The van der Waals surface area contributed by atoms with E-state index >= 15 is 0 Å². The van der Waals surface area contributed by atoms with E-state index in [4.69, 9.17) is 0 Å². The third kappa shape index (κ3) is 5.75. The average molecular weight is 493 g/mol. The third-order valence-corrected chi connectivity index (χ3v) is 4.53. The molecule has 0 saturated carbocycles. The van der Waals surface area contributed by atoms with E-state index in [2.05, 4.69) is 25.1 Å². The largest absolute Gasteiger partial charge is 0.573 e. The van der Waals surface area contributed by atoms with Gasteiger partial charge in [0.1, 0.15) is 5.75 Å². The Hall–Kier alpha value is -4.42. The molecule has 0 saturated heterocycles. The molecular weight excluding hydrogens is 480 g/mol. The molecule has 4 aromatic rings. The van der Waals surface area contributed by atoms with Crippen molar-refractivity contribution in [3.63, 3.8) is 0 Å². The number of ether oxygens (including phenoxy) is 1. The highest BCUT2D eigenvalue weighted by molar-refractivity contribution is 6.04. The van der Waals surface area contributed by atoms with E-state index in [0.29, 0.717) is 10.2 Å². The number of alkyl halides is 6. The first kappa shape index (κ1) is 23.7. The standard InChI is InChI=1S/C22H13F6N5O2/c23-21(24,25)18-10-17(14-2-1-9-29-11-14)32-33(18)19-8-5-15(12-30-19)31-20(34)13-3-6-16(7-4-13)35-22(26,27)28/h1-12H,(H,31,34). The molecule has 0 atom stereocenters. The second-order valence-corrected chi connectivity index (χ2v) is 7.00. The maximum absolute atomic E-state index is 13.6. The molecule has 1 aromatic carbocycles. The molecule has 1 amide bonds. The predicted octanol–water partition coefficient (Wildman–Crippen LogP) is 5.50. The van der Waals surface area contributed by atoms with Crippen LogP contribution < -0.4 is 10.1 Å². The summed E-state index contributed by atoms with van der Waals surface area (Å²) in [5, 5.41) is 6.46. The quantitative estimate of drug-likeness (QED) is 0.372. The highest BCUT2D eigenvalue weighted by atomic mass is 19.4. The second kappa shape index (κ2) is 9.08. The van der Waals surface area contributed by atoms with Gasteiger partial charge in [-0.3, -0.25) is 9.78 Å². The zero-order chi connectivity index (χ0) is 25.2. The summed E-state index contributed by atoms with van der Waals surface area (Å²) in [4.78, 5) is 20.2. The fourth-order valence-electron chi connectivity index (χ4n) is 3.01. The van der Waals surface area contributed by atoms with Gasteiger partial charge in [-0.25, -0.2) is 9.67 Å². The number of aromatic nitrogens is 4. The zero-order valence-corrected chi connectivity index (χ0v) is 17.3. The molecule has 0 aliphatic carbocycles. The van der Waals surface area contributed by atoms with Crippen LogP contribution in [0.5, 0.6) is 5.75 Å². The average Bonchev–Trinajstić information content (AvgIpc) is 3.26. The molecule has 0 fully saturated rings. The highest BCUT2D eigenvalue weighted by Gasteiger charge is 2.37. The van der Waals surface area contributed by atoms with Crippen molar-refractivity contribution in [1.82, 2.24) is 19.7 Å². The van der Waals surface area contributed by atoms with Crippen molar-refractivity contribution < 1.29 is 35.9 Å². The molecule has 3 aromatic heterocycles. The van der Waals surface area contributed by atoms with Crippen molar-refractivity contribution in [2.75, 3.05) is 5.32 Å². The van der Waals surface area contributed by atoms with E-state index in [9.17, 15) is 31.1 Å². The van der Waals surface area contributed by atoms with Crippen LogP contribution in [0.25, 0.3) is 17.1 Å². The Kier molecular flexibility index (Phi) is 6.16.